The number of rotatable bonds is 1. The van der Waals surface area contributed by atoms with Crippen LogP contribution >= 0.6 is 15.9 Å². The maximum Gasteiger partial charge on any atom is 0.105 e. The molecular formula is C10H11BrFN. The first-order chi connectivity index (χ1) is 6.29. The van der Waals surface area contributed by atoms with Gasteiger partial charge in [0, 0.05) is 17.1 Å². The molecule has 0 aromatic heterocycles. The van der Waals surface area contributed by atoms with E-state index in [0.717, 1.165) is 17.4 Å². The average molecular weight is 244 g/mol. The van der Waals surface area contributed by atoms with Crippen LogP contribution in [0.15, 0.2) is 22.7 Å². The highest BCUT2D eigenvalue weighted by Crippen LogP contribution is 2.21. The van der Waals surface area contributed by atoms with Crippen molar-refractivity contribution in [2.75, 3.05) is 6.67 Å². The summed E-state index contributed by atoms with van der Waals surface area (Å²) < 4.78 is 13.5. The summed E-state index contributed by atoms with van der Waals surface area (Å²) in [5.41, 5.74) is 2.55. The summed E-state index contributed by atoms with van der Waals surface area (Å²) in [4.78, 5) is 0. The Morgan fingerprint density at radius 1 is 1.46 bits per heavy atom. The molecule has 1 atom stereocenters. The van der Waals surface area contributed by atoms with E-state index in [0.29, 0.717) is 0 Å². The molecule has 1 heterocycles. The van der Waals surface area contributed by atoms with E-state index in [1.54, 1.807) is 0 Å². The van der Waals surface area contributed by atoms with Gasteiger partial charge in [-0.25, -0.2) is 4.39 Å². The summed E-state index contributed by atoms with van der Waals surface area (Å²) in [6.07, 6.45) is 0.805. The minimum absolute atomic E-state index is 0.00803. The van der Waals surface area contributed by atoms with Gasteiger partial charge < -0.3 is 5.32 Å². The SMILES string of the molecule is FC[C@@H]1Cc2ccc(Br)cc2CN1. The smallest absolute Gasteiger partial charge is 0.105 e. The lowest BCUT2D eigenvalue weighted by Crippen LogP contribution is -2.37. The van der Waals surface area contributed by atoms with Crippen molar-refractivity contribution in [1.29, 1.82) is 0 Å². The Balaban J connectivity index is 2.26. The van der Waals surface area contributed by atoms with Crippen LogP contribution in [0.2, 0.25) is 0 Å². The lowest BCUT2D eigenvalue weighted by Gasteiger charge is -2.23. The van der Waals surface area contributed by atoms with Crippen LogP contribution in [-0.4, -0.2) is 12.7 Å². The second-order valence-corrected chi connectivity index (χ2v) is 4.26. The quantitative estimate of drug-likeness (QED) is 0.800. The molecule has 1 aromatic rings. The van der Waals surface area contributed by atoms with Crippen molar-refractivity contribution in [3.8, 4) is 0 Å². The molecule has 3 heteroatoms. The third kappa shape index (κ3) is 1.92. The van der Waals surface area contributed by atoms with Crippen molar-refractivity contribution in [3.63, 3.8) is 0 Å². The summed E-state index contributed by atoms with van der Waals surface area (Å²) in [7, 11) is 0. The van der Waals surface area contributed by atoms with Crippen LogP contribution in [-0.2, 0) is 13.0 Å². The number of hydrogen-bond acceptors (Lipinski definition) is 1. The lowest BCUT2D eigenvalue weighted by atomic mass is 9.97. The van der Waals surface area contributed by atoms with Gasteiger partial charge in [-0.3, -0.25) is 0 Å². The predicted octanol–water partition coefficient (Wildman–Crippen LogP) is 2.43. The summed E-state index contributed by atoms with van der Waals surface area (Å²) in [6.45, 7) is 0.499. The van der Waals surface area contributed by atoms with Crippen LogP contribution < -0.4 is 5.32 Å². The van der Waals surface area contributed by atoms with E-state index < -0.39 is 0 Å². The third-order valence-corrected chi connectivity index (χ3v) is 2.90. The van der Waals surface area contributed by atoms with E-state index in [1.807, 2.05) is 6.07 Å². The molecule has 1 N–H and O–H groups in total. The predicted molar refractivity (Wildman–Crippen MR) is 54.4 cm³/mol. The topological polar surface area (TPSA) is 12.0 Å². The minimum Gasteiger partial charge on any atom is -0.307 e. The van der Waals surface area contributed by atoms with Crippen molar-refractivity contribution >= 4 is 15.9 Å². The maximum absolute atomic E-state index is 12.4. The molecule has 0 unspecified atom stereocenters. The van der Waals surface area contributed by atoms with Gasteiger partial charge in [-0.2, -0.15) is 0 Å². The highest BCUT2D eigenvalue weighted by atomic mass is 79.9. The van der Waals surface area contributed by atoms with Gasteiger partial charge in [0.05, 0.1) is 0 Å². The zero-order valence-electron chi connectivity index (χ0n) is 7.19. The van der Waals surface area contributed by atoms with Gasteiger partial charge in [-0.05, 0) is 29.7 Å². The van der Waals surface area contributed by atoms with Gasteiger partial charge in [0.25, 0.3) is 0 Å². The molecule has 0 spiro atoms. The molecule has 0 bridgehead atoms. The molecule has 13 heavy (non-hydrogen) atoms. The molecule has 0 fully saturated rings. The Morgan fingerprint density at radius 2 is 2.31 bits per heavy atom. The third-order valence-electron chi connectivity index (χ3n) is 2.40. The lowest BCUT2D eigenvalue weighted by molar-refractivity contribution is 0.359. The van der Waals surface area contributed by atoms with E-state index in [9.17, 15) is 4.39 Å². The molecule has 0 amide bonds. The largest absolute Gasteiger partial charge is 0.307 e. The molecule has 1 nitrogen and oxygen atoms in total. The maximum atomic E-state index is 12.4. The van der Waals surface area contributed by atoms with E-state index in [4.69, 9.17) is 0 Å². The first-order valence-electron chi connectivity index (χ1n) is 4.36. The monoisotopic (exact) mass is 243 g/mol. The molecule has 0 aliphatic carbocycles. The standard InChI is InChI=1S/C10H11BrFN/c11-9-2-1-7-4-10(5-12)13-6-8(7)3-9/h1-3,10,13H,4-6H2/t10-/m0/s1. The van der Waals surface area contributed by atoms with Crippen LogP contribution in [0.3, 0.4) is 0 Å². The van der Waals surface area contributed by atoms with Gasteiger partial charge in [0.2, 0.25) is 0 Å². The fourth-order valence-corrected chi connectivity index (χ4v) is 2.07. The number of fused-ring (bicyclic) bond motifs is 1. The van der Waals surface area contributed by atoms with Crippen LogP contribution in [0.5, 0.6) is 0 Å². The first-order valence-corrected chi connectivity index (χ1v) is 5.15. The highest BCUT2D eigenvalue weighted by Gasteiger charge is 2.17. The van der Waals surface area contributed by atoms with Crippen LogP contribution in [0.4, 0.5) is 4.39 Å². The van der Waals surface area contributed by atoms with Crippen molar-refractivity contribution in [2.24, 2.45) is 0 Å². The molecule has 70 valence electrons. The minimum atomic E-state index is -0.282. The highest BCUT2D eigenvalue weighted by molar-refractivity contribution is 9.10. The molecule has 0 saturated heterocycles. The Morgan fingerprint density at radius 3 is 3.08 bits per heavy atom. The van der Waals surface area contributed by atoms with Gasteiger partial charge in [0.1, 0.15) is 6.67 Å². The van der Waals surface area contributed by atoms with Crippen LogP contribution in [0, 0.1) is 0 Å². The Labute approximate surface area is 85.5 Å². The van der Waals surface area contributed by atoms with Crippen LogP contribution in [0.1, 0.15) is 11.1 Å². The fourth-order valence-electron chi connectivity index (χ4n) is 1.66. The zero-order chi connectivity index (χ0) is 9.26. The summed E-state index contributed by atoms with van der Waals surface area (Å²) >= 11 is 3.42. The summed E-state index contributed by atoms with van der Waals surface area (Å²) in [6, 6.07) is 6.19. The number of halogens is 2. The normalized spacial score (nSPS) is 21.2. The molecule has 0 saturated carbocycles. The molecule has 0 radical (unpaired) electrons. The zero-order valence-corrected chi connectivity index (χ0v) is 8.77. The fraction of sp³-hybridized carbons (Fsp3) is 0.400. The second-order valence-electron chi connectivity index (χ2n) is 3.35. The number of hydrogen-bond donors (Lipinski definition) is 1. The molecular weight excluding hydrogens is 233 g/mol. The molecule has 1 aliphatic heterocycles. The van der Waals surface area contributed by atoms with Crippen molar-refractivity contribution in [1.82, 2.24) is 5.32 Å². The van der Waals surface area contributed by atoms with E-state index in [2.05, 4.69) is 33.4 Å². The Bertz CT molecular complexity index is 314. The van der Waals surface area contributed by atoms with E-state index >= 15 is 0 Å². The number of benzene rings is 1. The van der Waals surface area contributed by atoms with Gasteiger partial charge in [0.15, 0.2) is 0 Å². The van der Waals surface area contributed by atoms with E-state index in [-0.39, 0.29) is 12.7 Å². The van der Waals surface area contributed by atoms with Crippen LogP contribution in [0.25, 0.3) is 0 Å². The number of alkyl halides is 1. The van der Waals surface area contributed by atoms with Gasteiger partial charge in [-0.15, -0.1) is 0 Å². The molecule has 2 rings (SSSR count). The summed E-state index contributed by atoms with van der Waals surface area (Å²) in [5, 5.41) is 3.16. The van der Waals surface area contributed by atoms with E-state index in [1.165, 1.54) is 11.1 Å². The number of nitrogens with one attached hydrogen (secondary N) is 1. The average Bonchev–Trinajstić information content (AvgIpc) is 2.17. The Kier molecular flexibility index (Phi) is 2.65. The van der Waals surface area contributed by atoms with Crippen molar-refractivity contribution in [3.05, 3.63) is 33.8 Å². The first kappa shape index (κ1) is 9.16. The van der Waals surface area contributed by atoms with Gasteiger partial charge in [-0.1, -0.05) is 22.0 Å². The Hall–Kier alpha value is -0.410. The van der Waals surface area contributed by atoms with Crippen molar-refractivity contribution in [2.45, 2.75) is 19.0 Å². The second kappa shape index (κ2) is 3.76. The van der Waals surface area contributed by atoms with Gasteiger partial charge >= 0.3 is 0 Å². The molecule has 1 aliphatic rings. The molecule has 1 aromatic carbocycles. The van der Waals surface area contributed by atoms with Crippen molar-refractivity contribution < 1.29 is 4.39 Å². The summed E-state index contributed by atoms with van der Waals surface area (Å²) in [5.74, 6) is 0.